The lowest BCUT2D eigenvalue weighted by atomic mass is 10.1. The van der Waals surface area contributed by atoms with Crippen LogP contribution in [0.3, 0.4) is 0 Å². The third kappa shape index (κ3) is 6.35. The molecule has 0 aliphatic carbocycles. The zero-order chi connectivity index (χ0) is 25.5. The minimum absolute atomic E-state index is 0.146. The van der Waals surface area contributed by atoms with Crippen LogP contribution >= 0.6 is 11.6 Å². The van der Waals surface area contributed by atoms with Crippen LogP contribution in [0.25, 0.3) is 17.1 Å². The van der Waals surface area contributed by atoms with Gasteiger partial charge in [0.05, 0.1) is 23.7 Å². The number of hydrogen-bond donors (Lipinski definition) is 1. The fourth-order valence-electron chi connectivity index (χ4n) is 4.27. The molecule has 4 rings (SSSR count). The monoisotopic (exact) mass is 501 g/mol. The molecule has 1 N–H and O–H groups in total. The zero-order valence-electron chi connectivity index (χ0n) is 21.0. The largest absolute Gasteiger partial charge is 0.494 e. The van der Waals surface area contributed by atoms with Gasteiger partial charge < -0.3 is 14.6 Å². The van der Waals surface area contributed by atoms with E-state index in [1.165, 1.54) is 0 Å². The molecule has 0 radical (unpaired) electrons. The third-order valence-electron chi connectivity index (χ3n) is 6.11. The Balaban J connectivity index is 1.38. The zero-order valence-corrected chi connectivity index (χ0v) is 21.8. The first kappa shape index (κ1) is 25.5. The van der Waals surface area contributed by atoms with Gasteiger partial charge in [-0.1, -0.05) is 54.1 Å². The molecule has 186 valence electrons. The Morgan fingerprint density at radius 2 is 1.75 bits per heavy atom. The summed E-state index contributed by atoms with van der Waals surface area (Å²) in [5.41, 5.74) is 5.03. The lowest BCUT2D eigenvalue weighted by Gasteiger charge is -2.16. The molecule has 5 nitrogen and oxygen atoms in total. The van der Waals surface area contributed by atoms with Crippen LogP contribution in [0.4, 0.5) is 0 Å². The van der Waals surface area contributed by atoms with Gasteiger partial charge in [0, 0.05) is 17.6 Å². The maximum absolute atomic E-state index is 12.6. The molecule has 0 saturated heterocycles. The molecular formula is C30H32ClN3O2. The molecule has 6 heteroatoms. The number of ether oxygens (including phenoxy) is 1. The van der Waals surface area contributed by atoms with E-state index >= 15 is 0 Å². The van der Waals surface area contributed by atoms with Gasteiger partial charge >= 0.3 is 0 Å². The normalized spacial score (nSPS) is 12.2. The number of aryl methyl sites for hydroxylation is 3. The van der Waals surface area contributed by atoms with Crippen molar-refractivity contribution in [1.82, 2.24) is 14.9 Å². The highest BCUT2D eigenvalue weighted by Crippen LogP contribution is 2.26. The molecule has 1 unspecified atom stereocenters. The standard InChI is InChI=1S/C30H32ClN3O2/c1-21-19-25(20-22(2)29(21)31)36-18-10-9-17-34-27-14-8-7-13-26(27)33-30(34)23(3)32-28(35)16-15-24-11-5-4-6-12-24/h4-8,11-16,19-20,23H,9-10,17-18H2,1-3H3,(H,32,35)/b16-15-. The van der Waals surface area contributed by atoms with E-state index in [1.807, 2.05) is 87.5 Å². The number of aromatic nitrogens is 2. The van der Waals surface area contributed by atoms with Crippen LogP contribution < -0.4 is 10.1 Å². The van der Waals surface area contributed by atoms with Crippen LogP contribution in [-0.4, -0.2) is 22.1 Å². The number of benzene rings is 3. The average molecular weight is 502 g/mol. The first-order valence-electron chi connectivity index (χ1n) is 12.3. The van der Waals surface area contributed by atoms with Gasteiger partial charge in [-0.15, -0.1) is 0 Å². The highest BCUT2D eigenvalue weighted by atomic mass is 35.5. The van der Waals surface area contributed by atoms with Gasteiger partial charge in [-0.25, -0.2) is 4.98 Å². The minimum atomic E-state index is -0.235. The predicted octanol–water partition coefficient (Wildman–Crippen LogP) is 7.06. The van der Waals surface area contributed by atoms with Gasteiger partial charge in [-0.05, 0) is 80.6 Å². The molecule has 0 spiro atoms. The molecular weight excluding hydrogens is 470 g/mol. The van der Waals surface area contributed by atoms with E-state index in [1.54, 1.807) is 6.08 Å². The Bertz CT molecular complexity index is 1340. The van der Waals surface area contributed by atoms with Crippen molar-refractivity contribution in [3.8, 4) is 5.75 Å². The Morgan fingerprint density at radius 3 is 2.50 bits per heavy atom. The van der Waals surface area contributed by atoms with Crippen molar-refractivity contribution in [3.63, 3.8) is 0 Å². The van der Waals surface area contributed by atoms with Crippen LogP contribution in [0.5, 0.6) is 5.75 Å². The number of carbonyl (C=O) groups excluding carboxylic acids is 1. The van der Waals surface area contributed by atoms with Gasteiger partial charge in [-0.3, -0.25) is 4.79 Å². The second-order valence-corrected chi connectivity index (χ2v) is 9.39. The van der Waals surface area contributed by atoms with Crippen molar-refractivity contribution in [2.24, 2.45) is 0 Å². The summed E-state index contributed by atoms with van der Waals surface area (Å²) in [4.78, 5) is 17.4. The number of unbranched alkanes of at least 4 members (excludes halogenated alkanes) is 1. The first-order chi connectivity index (χ1) is 17.4. The van der Waals surface area contributed by atoms with Crippen molar-refractivity contribution >= 4 is 34.6 Å². The van der Waals surface area contributed by atoms with Gasteiger partial charge in [0.1, 0.15) is 11.6 Å². The fourth-order valence-corrected chi connectivity index (χ4v) is 4.38. The molecule has 1 aromatic heterocycles. The van der Waals surface area contributed by atoms with Crippen molar-refractivity contribution in [1.29, 1.82) is 0 Å². The molecule has 1 heterocycles. The highest BCUT2D eigenvalue weighted by Gasteiger charge is 2.17. The topological polar surface area (TPSA) is 56.1 Å². The molecule has 36 heavy (non-hydrogen) atoms. The number of carbonyl (C=O) groups is 1. The van der Waals surface area contributed by atoms with Crippen molar-refractivity contribution in [2.45, 2.75) is 46.2 Å². The van der Waals surface area contributed by atoms with E-state index in [0.29, 0.717) is 6.61 Å². The average Bonchev–Trinajstić information content (AvgIpc) is 3.25. The third-order valence-corrected chi connectivity index (χ3v) is 6.71. The van der Waals surface area contributed by atoms with E-state index < -0.39 is 0 Å². The highest BCUT2D eigenvalue weighted by molar-refractivity contribution is 6.32. The summed E-state index contributed by atoms with van der Waals surface area (Å²) in [6.07, 6.45) is 5.20. The van der Waals surface area contributed by atoms with Crippen molar-refractivity contribution < 1.29 is 9.53 Å². The smallest absolute Gasteiger partial charge is 0.244 e. The van der Waals surface area contributed by atoms with Crippen LogP contribution in [0, 0.1) is 13.8 Å². The number of rotatable bonds is 10. The maximum atomic E-state index is 12.6. The van der Waals surface area contributed by atoms with E-state index in [2.05, 4.69) is 16.0 Å². The summed E-state index contributed by atoms with van der Waals surface area (Å²) < 4.78 is 8.18. The first-order valence-corrected chi connectivity index (χ1v) is 12.7. The van der Waals surface area contributed by atoms with E-state index in [4.69, 9.17) is 21.3 Å². The Labute approximate surface area is 217 Å². The number of nitrogens with zero attached hydrogens (tertiary/aromatic N) is 2. The summed E-state index contributed by atoms with van der Waals surface area (Å²) in [6.45, 7) is 7.37. The fraction of sp³-hybridized carbons (Fsp3) is 0.267. The lowest BCUT2D eigenvalue weighted by molar-refractivity contribution is -0.117. The molecule has 3 aromatic carbocycles. The van der Waals surface area contributed by atoms with Crippen LogP contribution in [0.2, 0.25) is 5.02 Å². The summed E-state index contributed by atoms with van der Waals surface area (Å²) >= 11 is 6.26. The van der Waals surface area contributed by atoms with E-state index in [9.17, 15) is 4.79 Å². The number of para-hydroxylation sites is 2. The number of halogens is 1. The summed E-state index contributed by atoms with van der Waals surface area (Å²) in [5, 5.41) is 3.85. The Hall–Kier alpha value is -3.57. The minimum Gasteiger partial charge on any atom is -0.494 e. The molecule has 1 atom stereocenters. The second kappa shape index (κ2) is 11.9. The molecule has 0 aliphatic heterocycles. The SMILES string of the molecule is Cc1cc(OCCCCn2c(C(C)NC(=O)/C=C\c3ccccc3)nc3ccccc32)cc(C)c1Cl. The molecule has 1 amide bonds. The second-order valence-electron chi connectivity index (χ2n) is 9.01. The van der Waals surface area contributed by atoms with Crippen LogP contribution in [-0.2, 0) is 11.3 Å². The number of amides is 1. The van der Waals surface area contributed by atoms with E-state index in [0.717, 1.165) is 63.7 Å². The quantitative estimate of drug-likeness (QED) is 0.187. The Morgan fingerprint density at radius 1 is 1.06 bits per heavy atom. The van der Waals surface area contributed by atoms with Gasteiger partial charge in [0.15, 0.2) is 0 Å². The number of imidazole rings is 1. The predicted molar refractivity (Wildman–Crippen MR) is 147 cm³/mol. The Kier molecular flexibility index (Phi) is 8.44. The van der Waals surface area contributed by atoms with Crippen LogP contribution in [0.15, 0.2) is 72.8 Å². The molecule has 0 aliphatic rings. The molecule has 4 aromatic rings. The van der Waals surface area contributed by atoms with E-state index in [-0.39, 0.29) is 11.9 Å². The summed E-state index contributed by atoms with van der Waals surface area (Å²) in [6, 6.07) is 21.6. The number of nitrogens with one attached hydrogen (secondary N) is 1. The maximum Gasteiger partial charge on any atom is 0.244 e. The lowest BCUT2D eigenvalue weighted by Crippen LogP contribution is -2.27. The summed E-state index contributed by atoms with van der Waals surface area (Å²) in [5.74, 6) is 1.55. The molecule has 0 saturated carbocycles. The molecule has 0 fully saturated rings. The van der Waals surface area contributed by atoms with Crippen LogP contribution in [0.1, 0.15) is 48.3 Å². The summed E-state index contributed by atoms with van der Waals surface area (Å²) in [7, 11) is 0. The van der Waals surface area contributed by atoms with Gasteiger partial charge in [0.2, 0.25) is 5.91 Å². The van der Waals surface area contributed by atoms with Crippen molar-refractivity contribution in [2.75, 3.05) is 6.61 Å². The number of hydrogen-bond acceptors (Lipinski definition) is 3. The van der Waals surface area contributed by atoms with Gasteiger partial charge in [-0.2, -0.15) is 0 Å². The number of fused-ring (bicyclic) bond motifs is 1. The van der Waals surface area contributed by atoms with Gasteiger partial charge in [0.25, 0.3) is 0 Å². The molecule has 0 bridgehead atoms. The van der Waals surface area contributed by atoms with Crippen molar-refractivity contribution in [3.05, 3.63) is 100 Å².